The molecule has 0 saturated carbocycles. The second-order valence-corrected chi connectivity index (χ2v) is 6.93. The van der Waals surface area contributed by atoms with Crippen LogP contribution in [0.25, 0.3) is 0 Å². The third kappa shape index (κ3) is 7.20. The third-order valence-corrected chi connectivity index (χ3v) is 4.43. The van der Waals surface area contributed by atoms with Gasteiger partial charge in [0.1, 0.15) is 12.4 Å². The molecule has 8 nitrogen and oxygen atoms in total. The number of hydrogen-bond acceptors (Lipinski definition) is 6. The summed E-state index contributed by atoms with van der Waals surface area (Å²) in [5, 5.41) is 4.54. The number of nitrogens with zero attached hydrogens (tertiary/aromatic N) is 2. The number of carbonyl (C=O) groups excluding carboxylic acids is 2. The van der Waals surface area contributed by atoms with Crippen LogP contribution in [0.4, 0.5) is 19.0 Å². The fourth-order valence-corrected chi connectivity index (χ4v) is 2.67. The standard InChI is InChI=1S/C22H20F3N5O3/c23-22(24,25)20(32)29-12-15-5-7-17(8-6-15)19(31)28-11-14-1-3-16(4-2-14)13-33-21-27-10-9-18(26)30-21/h1-10H,11-13H2,(H,28,31)(H,29,32)(H2,26,27,30). The highest BCUT2D eigenvalue weighted by atomic mass is 19.4. The molecule has 1 heterocycles. The second kappa shape index (κ2) is 10.4. The molecular weight excluding hydrogens is 439 g/mol. The quantitative estimate of drug-likeness (QED) is 0.477. The van der Waals surface area contributed by atoms with Gasteiger partial charge in [0.25, 0.3) is 5.91 Å². The lowest BCUT2D eigenvalue weighted by molar-refractivity contribution is -0.173. The molecule has 3 aromatic rings. The molecule has 0 aliphatic carbocycles. The second-order valence-electron chi connectivity index (χ2n) is 6.93. The van der Waals surface area contributed by atoms with Crippen LogP contribution in [0.5, 0.6) is 6.01 Å². The van der Waals surface area contributed by atoms with Crippen molar-refractivity contribution in [2.45, 2.75) is 25.9 Å². The summed E-state index contributed by atoms with van der Waals surface area (Å²) < 4.78 is 42.1. The van der Waals surface area contributed by atoms with Crippen molar-refractivity contribution in [2.75, 3.05) is 5.73 Å². The molecule has 0 unspecified atom stereocenters. The maximum atomic E-state index is 12.3. The van der Waals surface area contributed by atoms with Gasteiger partial charge in [0, 0.05) is 24.8 Å². The van der Waals surface area contributed by atoms with E-state index in [1.54, 1.807) is 11.4 Å². The molecule has 0 bridgehead atoms. The van der Waals surface area contributed by atoms with Crippen molar-refractivity contribution >= 4 is 17.6 Å². The van der Waals surface area contributed by atoms with E-state index >= 15 is 0 Å². The molecule has 4 N–H and O–H groups in total. The van der Waals surface area contributed by atoms with Crippen molar-refractivity contribution < 1.29 is 27.5 Å². The smallest absolute Gasteiger partial charge is 0.459 e. The Hall–Kier alpha value is -4.15. The third-order valence-electron chi connectivity index (χ3n) is 4.43. The van der Waals surface area contributed by atoms with E-state index < -0.39 is 12.1 Å². The van der Waals surface area contributed by atoms with E-state index in [0.29, 0.717) is 16.9 Å². The van der Waals surface area contributed by atoms with Crippen molar-refractivity contribution in [1.29, 1.82) is 0 Å². The first kappa shape index (κ1) is 23.5. The summed E-state index contributed by atoms with van der Waals surface area (Å²) in [5.41, 5.74) is 8.09. The first-order valence-electron chi connectivity index (χ1n) is 9.72. The molecular formula is C22H20F3N5O3. The maximum Gasteiger partial charge on any atom is 0.471 e. The van der Waals surface area contributed by atoms with Crippen LogP contribution in [0.2, 0.25) is 0 Å². The van der Waals surface area contributed by atoms with Crippen molar-refractivity contribution in [2.24, 2.45) is 0 Å². The number of nitrogens with one attached hydrogen (secondary N) is 2. The van der Waals surface area contributed by atoms with Gasteiger partial charge in [-0.1, -0.05) is 36.4 Å². The first-order valence-corrected chi connectivity index (χ1v) is 9.72. The molecule has 0 aliphatic rings. The zero-order valence-electron chi connectivity index (χ0n) is 17.2. The number of alkyl halides is 3. The lowest BCUT2D eigenvalue weighted by Crippen LogP contribution is -2.36. The van der Waals surface area contributed by atoms with Crippen LogP contribution in [0.3, 0.4) is 0 Å². The highest BCUT2D eigenvalue weighted by Gasteiger charge is 2.38. The molecule has 1 aromatic heterocycles. The van der Waals surface area contributed by atoms with E-state index in [1.807, 2.05) is 24.3 Å². The SMILES string of the molecule is Nc1ccnc(OCc2ccc(CNC(=O)c3ccc(CNC(=O)C(F)(F)F)cc3)cc2)n1. The maximum absolute atomic E-state index is 12.3. The predicted octanol–water partition coefficient (Wildman–Crippen LogP) is 2.75. The lowest BCUT2D eigenvalue weighted by atomic mass is 10.1. The van der Waals surface area contributed by atoms with Gasteiger partial charge in [-0.25, -0.2) is 4.98 Å². The molecule has 0 saturated heterocycles. The van der Waals surface area contributed by atoms with Crippen LogP contribution >= 0.6 is 0 Å². The number of ether oxygens (including phenoxy) is 1. The minimum Gasteiger partial charge on any atom is -0.459 e. The van der Waals surface area contributed by atoms with Gasteiger partial charge in [0.2, 0.25) is 0 Å². The van der Waals surface area contributed by atoms with Crippen molar-refractivity contribution in [3.63, 3.8) is 0 Å². The van der Waals surface area contributed by atoms with Crippen LogP contribution in [-0.2, 0) is 24.5 Å². The van der Waals surface area contributed by atoms with E-state index in [-0.39, 0.29) is 31.6 Å². The van der Waals surface area contributed by atoms with Gasteiger partial charge in [-0.05, 0) is 34.9 Å². The molecule has 11 heteroatoms. The van der Waals surface area contributed by atoms with Gasteiger partial charge in [-0.2, -0.15) is 18.2 Å². The van der Waals surface area contributed by atoms with E-state index in [0.717, 1.165) is 11.1 Å². The van der Waals surface area contributed by atoms with Crippen LogP contribution < -0.4 is 21.1 Å². The largest absolute Gasteiger partial charge is 0.471 e. The fourth-order valence-electron chi connectivity index (χ4n) is 2.67. The Morgan fingerprint density at radius 1 is 0.879 bits per heavy atom. The van der Waals surface area contributed by atoms with Gasteiger partial charge in [0.05, 0.1) is 0 Å². The Labute approximate surface area is 187 Å². The Morgan fingerprint density at radius 3 is 2.06 bits per heavy atom. The summed E-state index contributed by atoms with van der Waals surface area (Å²) in [6.45, 7) is 0.244. The van der Waals surface area contributed by atoms with Crippen LogP contribution in [0, 0.1) is 0 Å². The summed E-state index contributed by atoms with van der Waals surface area (Å²) >= 11 is 0. The summed E-state index contributed by atoms with van der Waals surface area (Å²) in [6.07, 6.45) is -3.43. The number of aromatic nitrogens is 2. The average Bonchev–Trinajstić information content (AvgIpc) is 2.80. The molecule has 172 valence electrons. The number of halogens is 3. The number of rotatable bonds is 8. The number of nitrogen functional groups attached to an aromatic ring is 1. The fraction of sp³-hybridized carbons (Fsp3) is 0.182. The molecule has 0 spiro atoms. The number of amides is 2. The van der Waals surface area contributed by atoms with Crippen LogP contribution in [-0.4, -0.2) is 28.0 Å². The van der Waals surface area contributed by atoms with Crippen molar-refractivity contribution in [3.05, 3.63) is 83.0 Å². The normalized spacial score (nSPS) is 11.0. The molecule has 0 radical (unpaired) electrons. The molecule has 33 heavy (non-hydrogen) atoms. The average molecular weight is 459 g/mol. The Morgan fingerprint density at radius 2 is 1.45 bits per heavy atom. The Kier molecular flexibility index (Phi) is 7.44. The first-order chi connectivity index (χ1) is 15.7. The molecule has 2 amide bonds. The number of hydrogen-bond donors (Lipinski definition) is 3. The summed E-state index contributed by atoms with van der Waals surface area (Å²) in [7, 11) is 0. The number of carbonyl (C=O) groups is 2. The Bertz CT molecular complexity index is 1100. The summed E-state index contributed by atoms with van der Waals surface area (Å²) in [5.74, 6) is -2.04. The van der Waals surface area contributed by atoms with Gasteiger partial charge in [0.15, 0.2) is 0 Å². The highest BCUT2D eigenvalue weighted by molar-refractivity contribution is 5.94. The molecule has 2 aromatic carbocycles. The molecule has 0 aliphatic heterocycles. The lowest BCUT2D eigenvalue weighted by Gasteiger charge is -2.09. The van der Waals surface area contributed by atoms with Gasteiger partial charge in [-0.15, -0.1) is 0 Å². The van der Waals surface area contributed by atoms with Crippen LogP contribution in [0.1, 0.15) is 27.0 Å². The van der Waals surface area contributed by atoms with Crippen molar-refractivity contribution in [3.8, 4) is 6.01 Å². The number of nitrogens with two attached hydrogens (primary N) is 1. The molecule has 0 fully saturated rings. The molecule has 0 atom stereocenters. The van der Waals surface area contributed by atoms with E-state index in [9.17, 15) is 22.8 Å². The topological polar surface area (TPSA) is 119 Å². The summed E-state index contributed by atoms with van der Waals surface area (Å²) in [4.78, 5) is 31.1. The van der Waals surface area contributed by atoms with Crippen molar-refractivity contribution in [1.82, 2.24) is 20.6 Å². The van der Waals surface area contributed by atoms with Crippen LogP contribution in [0.15, 0.2) is 60.8 Å². The monoisotopic (exact) mass is 459 g/mol. The zero-order valence-corrected chi connectivity index (χ0v) is 17.2. The van der Waals surface area contributed by atoms with E-state index in [4.69, 9.17) is 10.5 Å². The van der Waals surface area contributed by atoms with E-state index in [1.165, 1.54) is 30.5 Å². The van der Waals surface area contributed by atoms with E-state index in [2.05, 4.69) is 15.3 Å². The minimum absolute atomic E-state index is 0.181. The predicted molar refractivity (Wildman–Crippen MR) is 113 cm³/mol. The molecule has 3 rings (SSSR count). The summed E-state index contributed by atoms with van der Waals surface area (Å²) in [6, 6.07) is 15.0. The number of anilines is 1. The highest BCUT2D eigenvalue weighted by Crippen LogP contribution is 2.15. The van der Waals surface area contributed by atoms with Gasteiger partial charge in [-0.3, -0.25) is 9.59 Å². The zero-order chi connectivity index (χ0) is 23.8. The number of benzene rings is 2. The minimum atomic E-state index is -4.93. The van der Waals surface area contributed by atoms with Gasteiger partial charge < -0.3 is 21.1 Å². The Balaban J connectivity index is 1.45. The van der Waals surface area contributed by atoms with Gasteiger partial charge >= 0.3 is 18.1 Å².